The number of aliphatic carboxylic acids is 1. The molecule has 0 aliphatic heterocycles. The van der Waals surface area contributed by atoms with Crippen LogP contribution >= 0.6 is 0 Å². The van der Waals surface area contributed by atoms with Crippen LogP contribution in [0.25, 0.3) is 0 Å². The second-order valence-electron chi connectivity index (χ2n) is 4.14. The topological polar surface area (TPSA) is 104 Å². The van der Waals surface area contributed by atoms with E-state index in [0.29, 0.717) is 0 Å². The third-order valence-electron chi connectivity index (χ3n) is 1.82. The third kappa shape index (κ3) is 4.15. The maximum Gasteiger partial charge on any atom is 0.321 e. The van der Waals surface area contributed by atoms with Crippen LogP contribution in [-0.4, -0.2) is 42.0 Å². The summed E-state index contributed by atoms with van der Waals surface area (Å²) in [5.41, 5.74) is 0. The van der Waals surface area contributed by atoms with E-state index >= 15 is 0 Å². The summed E-state index contributed by atoms with van der Waals surface area (Å²) >= 11 is 0. The van der Waals surface area contributed by atoms with Gasteiger partial charge >= 0.3 is 5.97 Å². The summed E-state index contributed by atoms with van der Waals surface area (Å²) in [5, 5.41) is 17.3. The Kier molecular flexibility index (Phi) is 4.69. The molecule has 15 heavy (non-hydrogen) atoms. The molecule has 0 fully saturated rings. The zero-order valence-electron chi connectivity index (χ0n) is 9.02. The molecule has 0 radical (unpaired) electrons. The normalized spacial score (nSPS) is 14.9. The lowest BCUT2D eigenvalue weighted by atomic mass is 10.2. The van der Waals surface area contributed by atoms with E-state index in [-0.39, 0.29) is 13.0 Å². The number of hydrogen-bond donors (Lipinski definition) is 3. The molecule has 6 nitrogen and oxygen atoms in total. The highest BCUT2D eigenvalue weighted by Gasteiger charge is 2.33. The van der Waals surface area contributed by atoms with Crippen molar-refractivity contribution in [1.82, 2.24) is 4.72 Å². The van der Waals surface area contributed by atoms with Gasteiger partial charge in [-0.1, -0.05) is 0 Å². The van der Waals surface area contributed by atoms with Crippen molar-refractivity contribution >= 4 is 16.0 Å². The highest BCUT2D eigenvalue weighted by molar-refractivity contribution is 7.90. The molecular weight excluding hydrogens is 222 g/mol. The molecule has 0 bridgehead atoms. The molecule has 0 heterocycles. The molecule has 0 unspecified atom stereocenters. The van der Waals surface area contributed by atoms with Gasteiger partial charge in [-0.25, -0.2) is 13.1 Å². The minimum Gasteiger partial charge on any atom is -0.480 e. The van der Waals surface area contributed by atoms with Gasteiger partial charge in [0.1, 0.15) is 6.04 Å². The van der Waals surface area contributed by atoms with E-state index in [1.807, 2.05) is 4.72 Å². The van der Waals surface area contributed by atoms with Crippen LogP contribution in [0, 0.1) is 0 Å². The molecular formula is C8H17NO5S. The van der Waals surface area contributed by atoms with Gasteiger partial charge in [-0.3, -0.25) is 4.79 Å². The highest BCUT2D eigenvalue weighted by Crippen LogP contribution is 2.14. The minimum atomic E-state index is -3.71. The lowest BCUT2D eigenvalue weighted by molar-refractivity contribution is -0.139. The zero-order valence-corrected chi connectivity index (χ0v) is 9.84. The molecule has 0 amide bonds. The van der Waals surface area contributed by atoms with Gasteiger partial charge in [0.15, 0.2) is 0 Å². The quantitative estimate of drug-likeness (QED) is 0.602. The van der Waals surface area contributed by atoms with Gasteiger partial charge in [-0.05, 0) is 27.2 Å². The summed E-state index contributed by atoms with van der Waals surface area (Å²) in [7, 11) is -3.71. The van der Waals surface area contributed by atoms with Crippen molar-refractivity contribution in [3.63, 3.8) is 0 Å². The highest BCUT2D eigenvalue weighted by atomic mass is 32.2. The first-order valence-corrected chi connectivity index (χ1v) is 5.95. The first-order valence-electron chi connectivity index (χ1n) is 4.47. The minimum absolute atomic E-state index is 0.148. The van der Waals surface area contributed by atoms with Crippen LogP contribution in [0.5, 0.6) is 0 Å². The maximum atomic E-state index is 11.6. The molecule has 0 spiro atoms. The number of carboxylic acids is 1. The number of aliphatic hydroxyl groups excluding tert-OH is 1. The predicted octanol–water partition coefficient (Wildman–Crippen LogP) is -0.460. The van der Waals surface area contributed by atoms with Gasteiger partial charge in [0.2, 0.25) is 10.0 Å². The molecule has 3 N–H and O–H groups in total. The molecule has 1 atom stereocenters. The third-order valence-corrected chi connectivity index (χ3v) is 4.03. The van der Waals surface area contributed by atoms with Crippen molar-refractivity contribution in [1.29, 1.82) is 0 Å². The molecule has 0 saturated carbocycles. The van der Waals surface area contributed by atoms with Crippen molar-refractivity contribution in [3.8, 4) is 0 Å². The van der Waals surface area contributed by atoms with Crippen LogP contribution in [0.2, 0.25) is 0 Å². The van der Waals surface area contributed by atoms with E-state index in [2.05, 4.69) is 0 Å². The zero-order chi connectivity index (χ0) is 12.3. The molecule has 0 saturated heterocycles. The lowest BCUT2D eigenvalue weighted by Crippen LogP contribution is -2.48. The Morgan fingerprint density at radius 3 is 2.13 bits per heavy atom. The van der Waals surface area contributed by atoms with Crippen LogP contribution in [0.3, 0.4) is 0 Å². The number of hydrogen-bond acceptors (Lipinski definition) is 4. The molecule has 0 aromatic heterocycles. The molecule has 0 aromatic carbocycles. The van der Waals surface area contributed by atoms with E-state index in [1.165, 1.54) is 20.8 Å². The first kappa shape index (κ1) is 14.3. The molecule has 7 heteroatoms. The summed E-state index contributed by atoms with van der Waals surface area (Å²) < 4.78 is 24.1. The Morgan fingerprint density at radius 1 is 1.40 bits per heavy atom. The molecule has 0 aliphatic rings. The fourth-order valence-corrected chi connectivity index (χ4v) is 1.67. The second kappa shape index (κ2) is 4.91. The van der Waals surface area contributed by atoms with E-state index in [0.717, 1.165) is 0 Å². The fraction of sp³-hybridized carbons (Fsp3) is 0.875. The maximum absolute atomic E-state index is 11.6. The van der Waals surface area contributed by atoms with Gasteiger partial charge < -0.3 is 10.2 Å². The molecule has 0 rings (SSSR count). The van der Waals surface area contributed by atoms with Crippen LogP contribution < -0.4 is 4.72 Å². The fourth-order valence-electron chi connectivity index (χ4n) is 0.726. The van der Waals surface area contributed by atoms with Crippen LogP contribution in [0.1, 0.15) is 27.2 Å². The summed E-state index contributed by atoms with van der Waals surface area (Å²) in [6.07, 6.45) is -0.148. The van der Waals surface area contributed by atoms with E-state index in [1.54, 1.807) is 0 Å². The number of carboxylic acid groups (broad SMARTS) is 1. The Morgan fingerprint density at radius 2 is 1.87 bits per heavy atom. The summed E-state index contributed by atoms with van der Waals surface area (Å²) in [5.74, 6) is -1.29. The Balaban J connectivity index is 4.76. The number of carbonyl (C=O) groups is 1. The van der Waals surface area contributed by atoms with E-state index < -0.39 is 26.8 Å². The van der Waals surface area contributed by atoms with Crippen LogP contribution in [-0.2, 0) is 14.8 Å². The predicted molar refractivity (Wildman–Crippen MR) is 54.9 cm³/mol. The largest absolute Gasteiger partial charge is 0.480 e. The monoisotopic (exact) mass is 239 g/mol. The van der Waals surface area contributed by atoms with Crippen molar-refractivity contribution < 1.29 is 23.4 Å². The average molecular weight is 239 g/mol. The average Bonchev–Trinajstić information content (AvgIpc) is 2.00. The molecule has 90 valence electrons. The standard InChI is InChI=1S/C8H17NO5S/c1-8(2,3)15(13,14)9-6(4-5-10)7(11)12/h6,9-10H,4-5H2,1-3H3,(H,11,12)/t6-/m1/s1. The van der Waals surface area contributed by atoms with Gasteiger partial charge in [0, 0.05) is 6.61 Å². The van der Waals surface area contributed by atoms with Gasteiger partial charge in [0.25, 0.3) is 0 Å². The second-order valence-corrected chi connectivity index (χ2v) is 6.60. The van der Waals surface area contributed by atoms with E-state index in [9.17, 15) is 13.2 Å². The number of rotatable bonds is 5. The van der Waals surface area contributed by atoms with Crippen molar-refractivity contribution in [3.05, 3.63) is 0 Å². The Bertz CT molecular complexity index is 316. The van der Waals surface area contributed by atoms with Gasteiger partial charge in [-0.2, -0.15) is 0 Å². The molecule has 0 aliphatic carbocycles. The summed E-state index contributed by atoms with van der Waals surface area (Å²) in [6, 6.07) is -1.28. The number of nitrogens with one attached hydrogen (secondary N) is 1. The van der Waals surface area contributed by atoms with Crippen molar-refractivity contribution in [2.75, 3.05) is 6.61 Å². The van der Waals surface area contributed by atoms with Crippen LogP contribution in [0.4, 0.5) is 0 Å². The summed E-state index contributed by atoms with van der Waals surface area (Å²) in [4.78, 5) is 10.7. The van der Waals surface area contributed by atoms with Crippen molar-refractivity contribution in [2.24, 2.45) is 0 Å². The SMILES string of the molecule is CC(C)(C)S(=O)(=O)N[C@H](CCO)C(=O)O. The van der Waals surface area contributed by atoms with E-state index in [4.69, 9.17) is 10.2 Å². The Labute approximate surface area is 89.4 Å². The smallest absolute Gasteiger partial charge is 0.321 e. The number of aliphatic hydroxyl groups is 1. The van der Waals surface area contributed by atoms with Gasteiger partial charge in [-0.15, -0.1) is 0 Å². The lowest BCUT2D eigenvalue weighted by Gasteiger charge is -2.22. The Hall–Kier alpha value is -0.660. The molecule has 0 aromatic rings. The van der Waals surface area contributed by atoms with Crippen molar-refractivity contribution in [2.45, 2.75) is 38.0 Å². The number of sulfonamides is 1. The van der Waals surface area contributed by atoms with Gasteiger partial charge in [0.05, 0.1) is 4.75 Å². The first-order chi connectivity index (χ1) is 6.62. The van der Waals surface area contributed by atoms with Crippen LogP contribution in [0.15, 0.2) is 0 Å². The summed E-state index contributed by atoms with van der Waals surface area (Å²) in [6.45, 7) is 4.01.